The summed E-state index contributed by atoms with van der Waals surface area (Å²) >= 11 is 9.35. The van der Waals surface area contributed by atoms with Crippen molar-refractivity contribution in [3.05, 3.63) is 42.6 Å². The van der Waals surface area contributed by atoms with E-state index in [0.717, 1.165) is 33.1 Å². The fraction of sp³-hybridized carbons (Fsp3) is 0.167. The highest BCUT2D eigenvalue weighted by molar-refractivity contribution is 14.1. The Kier molecular flexibility index (Phi) is 3.25. The van der Waals surface area contributed by atoms with Gasteiger partial charge in [-0.15, -0.1) is 11.3 Å². The molecule has 92 valence electrons. The minimum absolute atomic E-state index is 0.726. The van der Waals surface area contributed by atoms with Gasteiger partial charge in [-0.3, -0.25) is 0 Å². The highest BCUT2D eigenvalue weighted by atomic mass is 127. The van der Waals surface area contributed by atoms with E-state index in [1.54, 1.807) is 11.3 Å². The lowest BCUT2D eigenvalue weighted by atomic mass is 10.3. The first-order valence-electron chi connectivity index (χ1n) is 5.42. The van der Waals surface area contributed by atoms with Crippen molar-refractivity contribution in [2.45, 2.75) is 13.5 Å². The standard InChI is InChI=1S/C12H10IN3S2/c1-7-14-9(6-18-7)5-16-11-3-2-8(13)4-10(11)15-12(16)17/h2-4,6H,5H2,1H3,(H,15,17). The van der Waals surface area contributed by atoms with Crippen molar-refractivity contribution in [1.29, 1.82) is 0 Å². The Labute approximate surface area is 127 Å². The predicted octanol–water partition coefficient (Wildman–Crippen LogP) is 4.12. The molecule has 0 bridgehead atoms. The predicted molar refractivity (Wildman–Crippen MR) is 85.8 cm³/mol. The maximum atomic E-state index is 5.38. The van der Waals surface area contributed by atoms with Crippen molar-refractivity contribution in [1.82, 2.24) is 14.5 Å². The smallest absolute Gasteiger partial charge is 0.178 e. The van der Waals surface area contributed by atoms with Gasteiger partial charge in [0.1, 0.15) is 0 Å². The van der Waals surface area contributed by atoms with Gasteiger partial charge in [-0.05, 0) is 59.9 Å². The third-order valence-electron chi connectivity index (χ3n) is 2.72. The van der Waals surface area contributed by atoms with E-state index in [2.05, 4.69) is 60.7 Å². The molecule has 0 unspecified atom stereocenters. The van der Waals surface area contributed by atoms with Gasteiger partial charge in [0.05, 0.1) is 28.3 Å². The third kappa shape index (κ3) is 2.24. The summed E-state index contributed by atoms with van der Waals surface area (Å²) in [7, 11) is 0. The van der Waals surface area contributed by atoms with Gasteiger partial charge >= 0.3 is 0 Å². The van der Waals surface area contributed by atoms with Gasteiger partial charge in [0.2, 0.25) is 0 Å². The van der Waals surface area contributed by atoms with E-state index in [1.165, 1.54) is 3.57 Å². The molecule has 0 aliphatic rings. The number of rotatable bonds is 2. The fourth-order valence-corrected chi connectivity index (χ4v) is 3.30. The molecule has 2 aromatic heterocycles. The SMILES string of the molecule is Cc1nc(Cn2c(=S)[nH]c3cc(I)ccc32)cs1. The summed E-state index contributed by atoms with van der Waals surface area (Å²) in [5.74, 6) is 0. The van der Waals surface area contributed by atoms with Gasteiger partial charge in [0.15, 0.2) is 4.77 Å². The first kappa shape index (κ1) is 12.3. The molecule has 0 saturated heterocycles. The van der Waals surface area contributed by atoms with Gasteiger partial charge in [0.25, 0.3) is 0 Å². The largest absolute Gasteiger partial charge is 0.331 e. The van der Waals surface area contributed by atoms with Crippen molar-refractivity contribution in [3.8, 4) is 0 Å². The Hall–Kier alpha value is -0.730. The summed E-state index contributed by atoms with van der Waals surface area (Å²) in [5.41, 5.74) is 3.28. The minimum Gasteiger partial charge on any atom is -0.331 e. The molecule has 0 atom stereocenters. The molecule has 6 heteroatoms. The Morgan fingerprint density at radius 1 is 1.50 bits per heavy atom. The number of imidazole rings is 1. The van der Waals surface area contributed by atoms with Crippen molar-refractivity contribution in [2.24, 2.45) is 0 Å². The summed E-state index contributed by atoms with van der Waals surface area (Å²) in [6, 6.07) is 6.30. The maximum Gasteiger partial charge on any atom is 0.178 e. The number of benzene rings is 1. The van der Waals surface area contributed by atoms with E-state index in [1.807, 2.05) is 6.92 Å². The second kappa shape index (κ2) is 4.75. The molecule has 0 radical (unpaired) electrons. The molecule has 0 saturated carbocycles. The molecule has 3 aromatic rings. The monoisotopic (exact) mass is 387 g/mol. The van der Waals surface area contributed by atoms with Crippen LogP contribution in [0.1, 0.15) is 10.7 Å². The van der Waals surface area contributed by atoms with Crippen LogP contribution >= 0.6 is 46.1 Å². The summed E-state index contributed by atoms with van der Waals surface area (Å²) < 4.78 is 4.04. The van der Waals surface area contributed by atoms with Crippen LogP contribution < -0.4 is 0 Å². The Bertz CT molecular complexity index is 769. The van der Waals surface area contributed by atoms with Crippen LogP contribution in [-0.4, -0.2) is 14.5 Å². The first-order chi connectivity index (χ1) is 8.63. The van der Waals surface area contributed by atoms with Gasteiger partial charge in [-0.1, -0.05) is 0 Å². The number of H-pyrrole nitrogens is 1. The molecular weight excluding hydrogens is 377 g/mol. The summed E-state index contributed by atoms with van der Waals surface area (Å²) in [4.78, 5) is 7.73. The van der Waals surface area contributed by atoms with Crippen LogP contribution in [0.2, 0.25) is 0 Å². The number of nitrogens with zero attached hydrogens (tertiary/aromatic N) is 2. The number of hydrogen-bond acceptors (Lipinski definition) is 3. The fourth-order valence-electron chi connectivity index (χ4n) is 1.94. The molecule has 0 fully saturated rings. The lowest BCUT2D eigenvalue weighted by Crippen LogP contribution is -1.99. The molecular formula is C12H10IN3S2. The van der Waals surface area contributed by atoms with Crippen LogP contribution in [0, 0.1) is 15.3 Å². The van der Waals surface area contributed by atoms with E-state index in [-0.39, 0.29) is 0 Å². The van der Waals surface area contributed by atoms with Crippen LogP contribution in [0.25, 0.3) is 11.0 Å². The normalized spacial score (nSPS) is 11.2. The van der Waals surface area contributed by atoms with E-state index in [9.17, 15) is 0 Å². The third-order valence-corrected chi connectivity index (χ3v) is 4.54. The molecule has 2 heterocycles. The zero-order valence-electron chi connectivity index (χ0n) is 9.61. The number of nitrogens with one attached hydrogen (secondary N) is 1. The zero-order chi connectivity index (χ0) is 12.7. The number of aromatic nitrogens is 3. The second-order valence-corrected chi connectivity index (χ2v) is 6.73. The lowest BCUT2D eigenvalue weighted by molar-refractivity contribution is 0.789. The quantitative estimate of drug-likeness (QED) is 0.530. The summed E-state index contributed by atoms with van der Waals surface area (Å²) in [5, 5.41) is 3.17. The number of thiazole rings is 1. The number of hydrogen-bond donors (Lipinski definition) is 1. The highest BCUT2D eigenvalue weighted by Gasteiger charge is 2.07. The van der Waals surface area contributed by atoms with Crippen molar-refractivity contribution in [3.63, 3.8) is 0 Å². The number of aromatic amines is 1. The molecule has 0 amide bonds. The zero-order valence-corrected chi connectivity index (χ0v) is 13.4. The molecule has 0 aliphatic carbocycles. The maximum absolute atomic E-state index is 5.38. The average Bonchev–Trinajstić information content (AvgIpc) is 2.84. The van der Waals surface area contributed by atoms with Crippen molar-refractivity contribution < 1.29 is 0 Å². The molecule has 0 spiro atoms. The van der Waals surface area contributed by atoms with Crippen molar-refractivity contribution in [2.75, 3.05) is 0 Å². The minimum atomic E-state index is 0.726. The van der Waals surface area contributed by atoms with Crippen LogP contribution in [0.3, 0.4) is 0 Å². The molecule has 3 rings (SSSR count). The van der Waals surface area contributed by atoms with Gasteiger partial charge < -0.3 is 9.55 Å². The average molecular weight is 387 g/mol. The van der Waals surface area contributed by atoms with Gasteiger partial charge in [0, 0.05) is 8.95 Å². The summed E-state index contributed by atoms with van der Waals surface area (Å²) in [6.07, 6.45) is 0. The van der Waals surface area contributed by atoms with E-state index < -0.39 is 0 Å². The molecule has 18 heavy (non-hydrogen) atoms. The van der Waals surface area contributed by atoms with Crippen LogP contribution in [0.5, 0.6) is 0 Å². The van der Waals surface area contributed by atoms with Crippen LogP contribution in [0.4, 0.5) is 0 Å². The summed E-state index contributed by atoms with van der Waals surface area (Å²) in [6.45, 7) is 2.74. The topological polar surface area (TPSA) is 33.6 Å². The van der Waals surface area contributed by atoms with Gasteiger partial charge in [-0.25, -0.2) is 4.98 Å². The number of aryl methyl sites for hydroxylation is 1. The Balaban J connectivity index is 2.11. The molecule has 3 nitrogen and oxygen atoms in total. The van der Waals surface area contributed by atoms with E-state index >= 15 is 0 Å². The van der Waals surface area contributed by atoms with E-state index in [0.29, 0.717) is 0 Å². The number of halogens is 1. The number of fused-ring (bicyclic) bond motifs is 1. The first-order valence-corrected chi connectivity index (χ1v) is 7.79. The molecule has 0 aliphatic heterocycles. The van der Waals surface area contributed by atoms with Crippen LogP contribution in [0.15, 0.2) is 23.6 Å². The lowest BCUT2D eigenvalue weighted by Gasteiger charge is -2.01. The Morgan fingerprint density at radius 2 is 2.33 bits per heavy atom. The molecule has 1 N–H and O–H groups in total. The van der Waals surface area contributed by atoms with E-state index in [4.69, 9.17) is 12.2 Å². The molecule has 1 aromatic carbocycles. The van der Waals surface area contributed by atoms with Gasteiger partial charge in [-0.2, -0.15) is 0 Å². The second-order valence-electron chi connectivity index (χ2n) is 4.04. The highest BCUT2D eigenvalue weighted by Crippen LogP contribution is 2.19. The Morgan fingerprint density at radius 3 is 3.06 bits per heavy atom. The van der Waals surface area contributed by atoms with Crippen LogP contribution in [-0.2, 0) is 6.54 Å². The van der Waals surface area contributed by atoms with Crippen molar-refractivity contribution >= 4 is 57.2 Å².